The second-order valence-corrected chi connectivity index (χ2v) is 4.85. The van der Waals surface area contributed by atoms with Crippen LogP contribution in [0.5, 0.6) is 5.75 Å². The molecule has 0 aliphatic rings. The molecule has 0 aliphatic heterocycles. The summed E-state index contributed by atoms with van der Waals surface area (Å²) in [6.07, 6.45) is 0. The topological polar surface area (TPSA) is 22.1 Å². The molecule has 0 unspecified atom stereocenters. The first-order chi connectivity index (χ1) is 10.3. The van der Waals surface area contributed by atoms with E-state index in [-0.39, 0.29) is 0 Å². The van der Waals surface area contributed by atoms with Crippen LogP contribution in [0.25, 0.3) is 11.3 Å². The van der Waals surface area contributed by atoms with Crippen molar-refractivity contribution >= 4 is 0 Å². The van der Waals surface area contributed by atoms with E-state index in [1.807, 2.05) is 61.5 Å². The maximum atomic E-state index is 5.96. The van der Waals surface area contributed by atoms with Crippen LogP contribution in [0.4, 0.5) is 0 Å². The van der Waals surface area contributed by atoms with Crippen molar-refractivity contribution in [1.29, 1.82) is 0 Å². The molecule has 0 aliphatic carbocycles. The van der Waals surface area contributed by atoms with Crippen LogP contribution in [0.3, 0.4) is 0 Å². The van der Waals surface area contributed by atoms with Gasteiger partial charge in [0.25, 0.3) is 0 Å². The first-order valence-electron chi connectivity index (χ1n) is 6.94. The maximum absolute atomic E-state index is 5.96. The number of hydrogen-bond acceptors (Lipinski definition) is 2. The molecular formula is C19H16NO. The van der Waals surface area contributed by atoms with Crippen molar-refractivity contribution in [1.82, 2.24) is 4.98 Å². The summed E-state index contributed by atoms with van der Waals surface area (Å²) in [5, 5.41) is 0. The largest absolute Gasteiger partial charge is 0.488 e. The van der Waals surface area contributed by atoms with Crippen LogP contribution in [-0.4, -0.2) is 4.98 Å². The van der Waals surface area contributed by atoms with Crippen LogP contribution >= 0.6 is 0 Å². The molecule has 1 aromatic heterocycles. The van der Waals surface area contributed by atoms with Crippen molar-refractivity contribution < 1.29 is 4.74 Å². The Morgan fingerprint density at radius 3 is 2.52 bits per heavy atom. The minimum absolute atomic E-state index is 0.545. The predicted molar refractivity (Wildman–Crippen MR) is 84.0 cm³/mol. The molecule has 0 N–H and O–H groups in total. The molecule has 1 heterocycles. The van der Waals surface area contributed by atoms with Gasteiger partial charge in [0.05, 0.1) is 5.69 Å². The molecule has 3 aromatic rings. The highest BCUT2D eigenvalue weighted by molar-refractivity contribution is 5.66. The van der Waals surface area contributed by atoms with Crippen molar-refractivity contribution in [3.8, 4) is 17.0 Å². The summed E-state index contributed by atoms with van der Waals surface area (Å²) in [5.74, 6) is 0.829. The van der Waals surface area contributed by atoms with Crippen molar-refractivity contribution in [2.24, 2.45) is 0 Å². The number of aromatic nitrogens is 1. The maximum Gasteiger partial charge on any atom is 0.129 e. The minimum atomic E-state index is 0.545. The SMILES string of the molecule is Cc1cc[c]c(-c2ccccc2OCc2ccccc2)n1. The quantitative estimate of drug-likeness (QED) is 0.702. The summed E-state index contributed by atoms with van der Waals surface area (Å²) in [4.78, 5) is 4.52. The molecule has 0 fully saturated rings. The number of nitrogens with zero attached hydrogens (tertiary/aromatic N) is 1. The molecule has 2 nitrogen and oxygen atoms in total. The Morgan fingerprint density at radius 1 is 0.952 bits per heavy atom. The van der Waals surface area contributed by atoms with Crippen molar-refractivity contribution in [2.45, 2.75) is 13.5 Å². The van der Waals surface area contributed by atoms with E-state index in [0.717, 1.165) is 28.3 Å². The third kappa shape index (κ3) is 3.29. The van der Waals surface area contributed by atoms with E-state index < -0.39 is 0 Å². The summed E-state index contributed by atoms with van der Waals surface area (Å²) < 4.78 is 5.96. The van der Waals surface area contributed by atoms with Gasteiger partial charge in [0, 0.05) is 17.3 Å². The van der Waals surface area contributed by atoms with E-state index >= 15 is 0 Å². The number of aryl methyl sites for hydroxylation is 1. The number of ether oxygens (including phenoxy) is 1. The number of pyridine rings is 1. The van der Waals surface area contributed by atoms with Crippen molar-refractivity contribution in [3.05, 3.63) is 84.1 Å². The lowest BCUT2D eigenvalue weighted by atomic mass is 10.1. The molecule has 3 rings (SSSR count). The van der Waals surface area contributed by atoms with E-state index in [4.69, 9.17) is 4.74 Å². The van der Waals surface area contributed by atoms with E-state index in [0.29, 0.717) is 6.61 Å². The monoisotopic (exact) mass is 274 g/mol. The smallest absolute Gasteiger partial charge is 0.129 e. The number of rotatable bonds is 4. The summed E-state index contributed by atoms with van der Waals surface area (Å²) in [7, 11) is 0. The number of para-hydroxylation sites is 1. The fourth-order valence-corrected chi connectivity index (χ4v) is 2.15. The fraction of sp³-hybridized carbons (Fsp3) is 0.105. The van der Waals surface area contributed by atoms with Crippen LogP contribution in [0, 0.1) is 13.0 Å². The van der Waals surface area contributed by atoms with Gasteiger partial charge in [-0.25, -0.2) is 0 Å². The van der Waals surface area contributed by atoms with Gasteiger partial charge in [0.15, 0.2) is 0 Å². The zero-order valence-electron chi connectivity index (χ0n) is 11.9. The van der Waals surface area contributed by atoms with Gasteiger partial charge in [-0.2, -0.15) is 0 Å². The van der Waals surface area contributed by atoms with Gasteiger partial charge >= 0.3 is 0 Å². The standard InChI is InChI=1S/C19H16NO/c1-15-8-7-12-18(20-15)17-11-5-6-13-19(17)21-14-16-9-3-2-4-10-16/h2-11,13H,14H2,1H3. The predicted octanol–water partition coefficient (Wildman–Crippen LogP) is 4.44. The Kier molecular flexibility index (Phi) is 3.97. The second-order valence-electron chi connectivity index (χ2n) is 4.85. The summed E-state index contributed by atoms with van der Waals surface area (Å²) in [5.41, 5.74) is 3.91. The minimum Gasteiger partial charge on any atom is -0.488 e. The van der Waals surface area contributed by atoms with Crippen LogP contribution in [0.15, 0.2) is 66.7 Å². The molecule has 2 heteroatoms. The summed E-state index contributed by atoms with van der Waals surface area (Å²) in [6.45, 7) is 2.52. The van der Waals surface area contributed by atoms with Crippen LogP contribution < -0.4 is 4.74 Å². The van der Waals surface area contributed by atoms with Gasteiger partial charge < -0.3 is 4.74 Å². The highest BCUT2D eigenvalue weighted by Gasteiger charge is 2.07. The molecule has 2 aromatic carbocycles. The van der Waals surface area contributed by atoms with E-state index in [2.05, 4.69) is 23.2 Å². The molecule has 0 saturated heterocycles. The third-order valence-corrected chi connectivity index (χ3v) is 3.21. The first kappa shape index (κ1) is 13.4. The Hall–Kier alpha value is -2.61. The Bertz CT molecular complexity index is 722. The van der Waals surface area contributed by atoms with Crippen LogP contribution in [0.2, 0.25) is 0 Å². The molecule has 0 spiro atoms. The van der Waals surface area contributed by atoms with E-state index in [9.17, 15) is 0 Å². The van der Waals surface area contributed by atoms with Gasteiger partial charge in [-0.05, 0) is 30.7 Å². The number of benzene rings is 2. The highest BCUT2D eigenvalue weighted by Crippen LogP contribution is 2.28. The third-order valence-electron chi connectivity index (χ3n) is 3.21. The summed E-state index contributed by atoms with van der Waals surface area (Å²) in [6, 6.07) is 25.1. The average molecular weight is 274 g/mol. The van der Waals surface area contributed by atoms with Crippen molar-refractivity contribution in [2.75, 3.05) is 0 Å². The number of hydrogen-bond donors (Lipinski definition) is 0. The lowest BCUT2D eigenvalue weighted by Crippen LogP contribution is -1.97. The van der Waals surface area contributed by atoms with Gasteiger partial charge in [0.2, 0.25) is 0 Å². The fourth-order valence-electron chi connectivity index (χ4n) is 2.15. The van der Waals surface area contributed by atoms with Gasteiger partial charge in [-0.1, -0.05) is 48.5 Å². The Labute approximate surface area is 125 Å². The normalized spacial score (nSPS) is 10.3. The average Bonchev–Trinajstić information content (AvgIpc) is 2.54. The molecule has 0 bridgehead atoms. The Balaban J connectivity index is 1.86. The molecule has 1 radical (unpaired) electrons. The van der Waals surface area contributed by atoms with E-state index in [1.165, 1.54) is 0 Å². The van der Waals surface area contributed by atoms with Crippen molar-refractivity contribution in [3.63, 3.8) is 0 Å². The molecule has 0 amide bonds. The molecular weight excluding hydrogens is 258 g/mol. The molecule has 21 heavy (non-hydrogen) atoms. The van der Waals surface area contributed by atoms with Crippen LogP contribution in [-0.2, 0) is 6.61 Å². The van der Waals surface area contributed by atoms with Gasteiger partial charge in [-0.3, -0.25) is 4.98 Å². The lowest BCUT2D eigenvalue weighted by Gasteiger charge is -2.11. The lowest BCUT2D eigenvalue weighted by molar-refractivity contribution is 0.307. The first-order valence-corrected chi connectivity index (χ1v) is 6.94. The Morgan fingerprint density at radius 2 is 1.71 bits per heavy atom. The summed E-state index contributed by atoms with van der Waals surface area (Å²) >= 11 is 0. The van der Waals surface area contributed by atoms with Crippen LogP contribution in [0.1, 0.15) is 11.3 Å². The zero-order valence-corrected chi connectivity index (χ0v) is 11.9. The highest BCUT2D eigenvalue weighted by atomic mass is 16.5. The van der Waals surface area contributed by atoms with E-state index in [1.54, 1.807) is 0 Å². The molecule has 0 saturated carbocycles. The molecule has 0 atom stereocenters. The second kappa shape index (κ2) is 6.23. The van der Waals surface area contributed by atoms with Gasteiger partial charge in [-0.15, -0.1) is 0 Å². The molecule has 103 valence electrons. The zero-order chi connectivity index (χ0) is 14.5. The van der Waals surface area contributed by atoms with Gasteiger partial charge in [0.1, 0.15) is 12.4 Å².